The fourth-order valence-electron chi connectivity index (χ4n) is 0.859. The van der Waals surface area contributed by atoms with Crippen LogP contribution in [-0.4, -0.2) is 13.9 Å². The van der Waals surface area contributed by atoms with Gasteiger partial charge in [-0.05, 0) is 30.7 Å². The SMILES string of the molecule is Cc1[c]ccc(S(=O)(=O)C(F)(F)F)c1. The van der Waals surface area contributed by atoms with Gasteiger partial charge in [0.1, 0.15) is 0 Å². The Morgan fingerprint density at radius 1 is 1.36 bits per heavy atom. The van der Waals surface area contributed by atoms with Crippen molar-refractivity contribution in [2.75, 3.05) is 0 Å². The normalized spacial score (nSPS) is 12.9. The van der Waals surface area contributed by atoms with Crippen molar-refractivity contribution < 1.29 is 21.6 Å². The van der Waals surface area contributed by atoms with Gasteiger partial charge in [-0.3, -0.25) is 0 Å². The molecule has 0 N–H and O–H groups in total. The van der Waals surface area contributed by atoms with Crippen molar-refractivity contribution in [1.29, 1.82) is 0 Å². The number of rotatable bonds is 1. The maximum Gasteiger partial charge on any atom is 0.501 e. The summed E-state index contributed by atoms with van der Waals surface area (Å²) in [5.41, 5.74) is -4.91. The van der Waals surface area contributed by atoms with E-state index >= 15 is 0 Å². The van der Waals surface area contributed by atoms with E-state index in [2.05, 4.69) is 6.07 Å². The third kappa shape index (κ3) is 1.89. The van der Waals surface area contributed by atoms with Gasteiger partial charge in [-0.15, -0.1) is 0 Å². The molecule has 0 aliphatic carbocycles. The number of hydrogen-bond acceptors (Lipinski definition) is 2. The summed E-state index contributed by atoms with van der Waals surface area (Å²) >= 11 is 0. The maximum atomic E-state index is 12.1. The highest BCUT2D eigenvalue weighted by molar-refractivity contribution is 7.92. The second-order valence-electron chi connectivity index (χ2n) is 2.66. The number of benzene rings is 1. The zero-order valence-corrected chi connectivity index (χ0v) is 7.91. The molecule has 1 aromatic carbocycles. The van der Waals surface area contributed by atoms with Crippen molar-refractivity contribution in [2.24, 2.45) is 0 Å². The Morgan fingerprint density at radius 2 is 1.93 bits per heavy atom. The fourth-order valence-corrected chi connectivity index (χ4v) is 1.71. The lowest BCUT2D eigenvalue weighted by Crippen LogP contribution is -2.23. The first-order valence-corrected chi connectivity index (χ1v) is 5.03. The molecule has 0 aliphatic rings. The minimum Gasteiger partial charge on any atom is -0.214 e. The first-order chi connectivity index (χ1) is 6.25. The van der Waals surface area contributed by atoms with Crippen molar-refractivity contribution in [3.8, 4) is 0 Å². The molecule has 0 saturated heterocycles. The van der Waals surface area contributed by atoms with Crippen molar-refractivity contribution in [2.45, 2.75) is 17.3 Å². The van der Waals surface area contributed by atoms with Gasteiger partial charge in [-0.1, -0.05) is 6.07 Å². The Balaban J connectivity index is 3.32. The van der Waals surface area contributed by atoms with Gasteiger partial charge < -0.3 is 0 Å². The molecular formula is C8H6F3O2S. The van der Waals surface area contributed by atoms with Crippen molar-refractivity contribution in [3.05, 3.63) is 29.8 Å². The molecule has 77 valence electrons. The minimum absolute atomic E-state index is 0.343. The predicted octanol–water partition coefficient (Wildman–Crippen LogP) is 2.09. The standard InChI is InChI=1S/C8H6F3O2S/c1-6-3-2-4-7(5-6)14(12,13)8(9,10)11/h2,4-5H,1H3. The molecule has 0 spiro atoms. The smallest absolute Gasteiger partial charge is 0.214 e. The van der Waals surface area contributed by atoms with Crippen LogP contribution in [0.1, 0.15) is 5.56 Å². The molecule has 0 aromatic heterocycles. The summed E-state index contributed by atoms with van der Waals surface area (Å²) in [6, 6.07) is 5.51. The molecule has 14 heavy (non-hydrogen) atoms. The van der Waals surface area contributed by atoms with E-state index in [0.29, 0.717) is 5.56 Å². The maximum absolute atomic E-state index is 12.1. The molecule has 2 nitrogen and oxygen atoms in total. The largest absolute Gasteiger partial charge is 0.501 e. The molecule has 1 rings (SSSR count). The molecule has 6 heteroatoms. The van der Waals surface area contributed by atoms with E-state index in [1.54, 1.807) is 0 Å². The van der Waals surface area contributed by atoms with E-state index in [9.17, 15) is 21.6 Å². The third-order valence-electron chi connectivity index (χ3n) is 1.53. The topological polar surface area (TPSA) is 34.1 Å². The van der Waals surface area contributed by atoms with Gasteiger partial charge in [0, 0.05) is 0 Å². The average molecular weight is 223 g/mol. The molecule has 0 saturated carbocycles. The molecule has 0 heterocycles. The molecular weight excluding hydrogens is 217 g/mol. The second-order valence-corrected chi connectivity index (χ2v) is 4.60. The molecule has 1 radical (unpaired) electrons. The number of sulfone groups is 1. The summed E-state index contributed by atoms with van der Waals surface area (Å²) in [5, 5.41) is 0. The lowest BCUT2D eigenvalue weighted by Gasteiger charge is -2.07. The van der Waals surface area contributed by atoms with Gasteiger partial charge >= 0.3 is 5.51 Å². The van der Waals surface area contributed by atoms with Crippen LogP contribution in [0.15, 0.2) is 23.1 Å². The van der Waals surface area contributed by atoms with E-state index in [1.807, 2.05) is 0 Å². The van der Waals surface area contributed by atoms with Gasteiger partial charge in [-0.25, -0.2) is 8.42 Å². The summed E-state index contributed by atoms with van der Waals surface area (Å²) in [4.78, 5) is -0.749. The first kappa shape index (κ1) is 11.0. The van der Waals surface area contributed by atoms with Crippen molar-refractivity contribution in [1.82, 2.24) is 0 Å². The summed E-state index contributed by atoms with van der Waals surface area (Å²) in [6.07, 6.45) is 0. The molecule has 0 unspecified atom stereocenters. The summed E-state index contributed by atoms with van der Waals surface area (Å²) < 4.78 is 57.9. The predicted molar refractivity (Wildman–Crippen MR) is 43.3 cm³/mol. The van der Waals surface area contributed by atoms with Crippen LogP contribution in [0, 0.1) is 13.0 Å². The van der Waals surface area contributed by atoms with Crippen LogP contribution < -0.4 is 0 Å². The van der Waals surface area contributed by atoms with Crippen LogP contribution in [0.5, 0.6) is 0 Å². The Kier molecular flexibility index (Phi) is 2.58. The Hall–Kier alpha value is -1.04. The van der Waals surface area contributed by atoms with Crippen LogP contribution in [0.25, 0.3) is 0 Å². The third-order valence-corrected chi connectivity index (χ3v) is 3.02. The molecule has 0 amide bonds. The zero-order chi connectivity index (χ0) is 11.0. The van der Waals surface area contributed by atoms with Crippen LogP contribution in [0.3, 0.4) is 0 Å². The van der Waals surface area contributed by atoms with Crippen LogP contribution >= 0.6 is 0 Å². The highest BCUT2D eigenvalue weighted by atomic mass is 32.2. The number of alkyl halides is 3. The van der Waals surface area contributed by atoms with Gasteiger partial charge in [0.25, 0.3) is 9.84 Å². The lowest BCUT2D eigenvalue weighted by atomic mass is 10.2. The monoisotopic (exact) mass is 223 g/mol. The highest BCUT2D eigenvalue weighted by Crippen LogP contribution is 2.30. The van der Waals surface area contributed by atoms with Crippen LogP contribution in [0.4, 0.5) is 13.2 Å². The quantitative estimate of drug-likeness (QED) is 0.730. The summed E-state index contributed by atoms with van der Waals surface area (Å²) in [5.74, 6) is 0. The number of aryl methyl sites for hydroxylation is 1. The van der Waals surface area contributed by atoms with E-state index in [-0.39, 0.29) is 0 Å². The molecule has 0 atom stereocenters. The fraction of sp³-hybridized carbons (Fsp3) is 0.250. The number of halogens is 3. The Morgan fingerprint density at radius 3 is 2.36 bits per heavy atom. The van der Waals surface area contributed by atoms with Crippen LogP contribution in [-0.2, 0) is 9.84 Å². The lowest BCUT2D eigenvalue weighted by molar-refractivity contribution is -0.0436. The van der Waals surface area contributed by atoms with Crippen molar-refractivity contribution >= 4 is 9.84 Å². The molecule has 1 aromatic rings. The van der Waals surface area contributed by atoms with Gasteiger partial charge in [0.05, 0.1) is 4.90 Å². The molecule has 0 aliphatic heterocycles. The highest BCUT2D eigenvalue weighted by Gasteiger charge is 2.46. The first-order valence-electron chi connectivity index (χ1n) is 3.55. The molecule has 0 fully saturated rings. The van der Waals surface area contributed by atoms with E-state index in [1.165, 1.54) is 6.92 Å². The number of hydrogen-bond donors (Lipinski definition) is 0. The van der Waals surface area contributed by atoms with E-state index in [4.69, 9.17) is 0 Å². The van der Waals surface area contributed by atoms with E-state index in [0.717, 1.165) is 18.2 Å². The molecule has 0 bridgehead atoms. The Labute approximate surface area is 79.3 Å². The Bertz CT molecular complexity index is 434. The minimum atomic E-state index is -5.25. The summed E-state index contributed by atoms with van der Waals surface area (Å²) in [6.45, 7) is 1.47. The zero-order valence-electron chi connectivity index (χ0n) is 7.09. The van der Waals surface area contributed by atoms with Gasteiger partial charge in [0.2, 0.25) is 0 Å². The van der Waals surface area contributed by atoms with Crippen molar-refractivity contribution in [3.63, 3.8) is 0 Å². The van der Waals surface area contributed by atoms with E-state index < -0.39 is 20.2 Å². The second kappa shape index (κ2) is 3.27. The van der Waals surface area contributed by atoms with Crippen LogP contribution in [0.2, 0.25) is 0 Å². The van der Waals surface area contributed by atoms with Gasteiger partial charge in [-0.2, -0.15) is 13.2 Å². The summed E-state index contributed by atoms with van der Waals surface area (Å²) in [7, 11) is -5.22. The average Bonchev–Trinajstić information content (AvgIpc) is 2.02. The van der Waals surface area contributed by atoms with Gasteiger partial charge in [0.15, 0.2) is 0 Å².